The first kappa shape index (κ1) is 19.1. The first-order valence-corrected chi connectivity index (χ1v) is 8.48. The van der Waals surface area contributed by atoms with Gasteiger partial charge in [0.1, 0.15) is 11.6 Å². The van der Waals surface area contributed by atoms with Crippen LogP contribution in [0, 0.1) is 18.6 Å². The smallest absolute Gasteiger partial charge is 0.319 e. The van der Waals surface area contributed by atoms with Gasteiger partial charge in [0.25, 0.3) is 0 Å². The van der Waals surface area contributed by atoms with Gasteiger partial charge in [-0.05, 0) is 37.6 Å². The fraction of sp³-hybridized carbons (Fsp3) is 0.294. The Bertz CT molecular complexity index is 771. The average Bonchev–Trinajstić information content (AvgIpc) is 2.58. The molecular weight excluding hydrogens is 345 g/mol. The van der Waals surface area contributed by atoms with Gasteiger partial charge in [-0.3, -0.25) is 0 Å². The van der Waals surface area contributed by atoms with Crippen molar-refractivity contribution in [3.8, 4) is 0 Å². The van der Waals surface area contributed by atoms with E-state index in [1.807, 2.05) is 35.2 Å². The molecule has 2 rings (SSSR count). The molecule has 1 atom stereocenters. The lowest BCUT2D eigenvalue weighted by Crippen LogP contribution is -2.31. The number of hydrogen-bond acceptors (Lipinski definition) is 3. The SMILES string of the molecule is CCNc1nc(CCNC(=O)Nc2ccc(F)c(P)c2F)ccc1C. The maximum absolute atomic E-state index is 13.8. The zero-order valence-electron chi connectivity index (χ0n) is 14.1. The average molecular weight is 366 g/mol. The van der Waals surface area contributed by atoms with Crippen molar-refractivity contribution in [1.82, 2.24) is 10.3 Å². The van der Waals surface area contributed by atoms with E-state index in [0.29, 0.717) is 13.0 Å². The number of nitrogens with one attached hydrogen (secondary N) is 3. The van der Waals surface area contributed by atoms with Gasteiger partial charge < -0.3 is 16.0 Å². The van der Waals surface area contributed by atoms with E-state index in [2.05, 4.69) is 20.9 Å². The first-order valence-electron chi connectivity index (χ1n) is 7.91. The predicted molar refractivity (Wildman–Crippen MR) is 99.6 cm³/mol. The van der Waals surface area contributed by atoms with Crippen LogP contribution in [-0.2, 0) is 6.42 Å². The Balaban J connectivity index is 1.89. The van der Waals surface area contributed by atoms with Crippen molar-refractivity contribution in [1.29, 1.82) is 0 Å². The summed E-state index contributed by atoms with van der Waals surface area (Å²) in [4.78, 5) is 16.3. The van der Waals surface area contributed by atoms with Crippen molar-refractivity contribution in [3.63, 3.8) is 0 Å². The number of carbonyl (C=O) groups is 1. The molecule has 8 heteroatoms. The lowest BCUT2D eigenvalue weighted by Gasteiger charge is -2.11. The van der Waals surface area contributed by atoms with E-state index < -0.39 is 17.7 Å². The number of hydrogen-bond donors (Lipinski definition) is 3. The Kier molecular flexibility index (Phi) is 6.65. The summed E-state index contributed by atoms with van der Waals surface area (Å²) in [7, 11) is 1.97. The normalized spacial score (nSPS) is 10.4. The molecule has 0 radical (unpaired) electrons. The molecule has 1 aromatic heterocycles. The minimum atomic E-state index is -0.810. The van der Waals surface area contributed by atoms with E-state index in [4.69, 9.17) is 0 Å². The third-order valence-electron chi connectivity index (χ3n) is 3.54. The third-order valence-corrected chi connectivity index (χ3v) is 4.07. The second-order valence-electron chi connectivity index (χ2n) is 5.45. The zero-order chi connectivity index (χ0) is 18.4. The Hall–Kier alpha value is -2.27. The van der Waals surface area contributed by atoms with Gasteiger partial charge in [0.2, 0.25) is 0 Å². The van der Waals surface area contributed by atoms with Crippen molar-refractivity contribution >= 4 is 32.1 Å². The fourth-order valence-electron chi connectivity index (χ4n) is 2.19. The van der Waals surface area contributed by atoms with Gasteiger partial charge in [-0.15, -0.1) is 0 Å². The monoisotopic (exact) mass is 366 g/mol. The maximum atomic E-state index is 13.8. The van der Waals surface area contributed by atoms with Gasteiger partial charge in [-0.25, -0.2) is 18.6 Å². The van der Waals surface area contributed by atoms with E-state index in [-0.39, 0.29) is 11.0 Å². The summed E-state index contributed by atoms with van der Waals surface area (Å²) >= 11 is 0. The van der Waals surface area contributed by atoms with Gasteiger partial charge in [-0.1, -0.05) is 15.3 Å². The first-order chi connectivity index (χ1) is 11.9. The number of nitrogens with zero attached hydrogens (tertiary/aromatic N) is 1. The lowest BCUT2D eigenvalue weighted by atomic mass is 10.2. The third kappa shape index (κ3) is 5.10. The highest BCUT2D eigenvalue weighted by atomic mass is 31.0. The molecule has 0 aliphatic carbocycles. The minimum Gasteiger partial charge on any atom is -0.370 e. The topological polar surface area (TPSA) is 66.0 Å². The number of carbonyl (C=O) groups excluding carboxylic acids is 1. The zero-order valence-corrected chi connectivity index (χ0v) is 15.3. The van der Waals surface area contributed by atoms with Gasteiger partial charge in [0.05, 0.1) is 5.69 Å². The molecule has 134 valence electrons. The van der Waals surface area contributed by atoms with E-state index >= 15 is 0 Å². The summed E-state index contributed by atoms with van der Waals surface area (Å²) in [5.74, 6) is -0.670. The Morgan fingerprint density at radius 3 is 2.72 bits per heavy atom. The molecule has 1 heterocycles. The molecule has 2 aromatic rings. The van der Waals surface area contributed by atoms with E-state index in [0.717, 1.165) is 29.7 Å². The summed E-state index contributed by atoms with van der Waals surface area (Å²) in [5, 5.41) is 7.97. The predicted octanol–water partition coefficient (Wildman–Crippen LogP) is 2.96. The van der Waals surface area contributed by atoms with Crippen molar-refractivity contribution in [2.24, 2.45) is 0 Å². The van der Waals surface area contributed by atoms with Crippen LogP contribution in [0.2, 0.25) is 0 Å². The second kappa shape index (κ2) is 8.72. The van der Waals surface area contributed by atoms with Crippen LogP contribution < -0.4 is 21.3 Å². The van der Waals surface area contributed by atoms with Crippen LogP contribution in [0.1, 0.15) is 18.2 Å². The number of halogens is 2. The van der Waals surface area contributed by atoms with E-state index in [9.17, 15) is 13.6 Å². The molecule has 0 fully saturated rings. The number of benzene rings is 1. The van der Waals surface area contributed by atoms with Crippen LogP contribution in [0.25, 0.3) is 0 Å². The summed E-state index contributed by atoms with van der Waals surface area (Å²) < 4.78 is 27.0. The molecule has 0 saturated heterocycles. The quantitative estimate of drug-likeness (QED) is 0.689. The van der Waals surface area contributed by atoms with Gasteiger partial charge in [-0.2, -0.15) is 0 Å². The summed E-state index contributed by atoms with van der Waals surface area (Å²) in [6, 6.07) is 5.58. The Labute approximate surface area is 147 Å². The largest absolute Gasteiger partial charge is 0.370 e. The van der Waals surface area contributed by atoms with Crippen molar-refractivity contribution < 1.29 is 13.6 Å². The van der Waals surface area contributed by atoms with Crippen LogP contribution >= 0.6 is 9.24 Å². The number of urea groups is 1. The molecule has 1 aromatic carbocycles. The van der Waals surface area contributed by atoms with Gasteiger partial charge in [0.15, 0.2) is 5.82 Å². The Morgan fingerprint density at radius 2 is 2.00 bits per heavy atom. The molecule has 0 aliphatic heterocycles. The number of aryl methyl sites for hydroxylation is 1. The van der Waals surface area contributed by atoms with Gasteiger partial charge in [0, 0.05) is 30.5 Å². The molecule has 0 bridgehead atoms. The molecule has 2 amide bonds. The van der Waals surface area contributed by atoms with E-state index in [1.54, 1.807) is 0 Å². The van der Waals surface area contributed by atoms with Crippen molar-refractivity contribution in [2.75, 3.05) is 23.7 Å². The molecule has 5 nitrogen and oxygen atoms in total. The Morgan fingerprint density at radius 1 is 1.24 bits per heavy atom. The van der Waals surface area contributed by atoms with Crippen LogP contribution in [0.4, 0.5) is 25.1 Å². The highest BCUT2D eigenvalue weighted by Crippen LogP contribution is 2.15. The number of aromatic nitrogens is 1. The van der Waals surface area contributed by atoms with E-state index in [1.165, 1.54) is 6.07 Å². The highest BCUT2D eigenvalue weighted by molar-refractivity contribution is 7.27. The number of pyridine rings is 1. The second-order valence-corrected chi connectivity index (χ2v) is 6.03. The minimum absolute atomic E-state index is 0.0770. The fourth-order valence-corrected chi connectivity index (χ4v) is 2.44. The maximum Gasteiger partial charge on any atom is 0.319 e. The number of amides is 2. The number of rotatable bonds is 6. The molecule has 0 saturated carbocycles. The van der Waals surface area contributed by atoms with Gasteiger partial charge >= 0.3 is 6.03 Å². The van der Waals surface area contributed by atoms with Crippen molar-refractivity contribution in [3.05, 3.63) is 47.2 Å². The molecular formula is C17H21F2N4OP. The summed E-state index contributed by atoms with van der Waals surface area (Å²) in [5.41, 5.74) is 1.81. The highest BCUT2D eigenvalue weighted by Gasteiger charge is 2.12. The number of anilines is 2. The van der Waals surface area contributed by atoms with Crippen molar-refractivity contribution in [2.45, 2.75) is 20.3 Å². The van der Waals surface area contributed by atoms with Crippen LogP contribution in [-0.4, -0.2) is 24.1 Å². The molecule has 1 unspecified atom stereocenters. The standard InChI is InChI=1S/C17H21F2N4OP/c1-3-20-16-10(2)4-5-11(22-16)8-9-21-17(24)23-13-7-6-12(18)15(25)14(13)19/h4-7H,3,8-9,25H2,1-2H3,(H,20,22)(H2,21,23,24). The van der Waals surface area contributed by atoms with Crippen LogP contribution in [0.15, 0.2) is 24.3 Å². The van der Waals surface area contributed by atoms with Crippen LogP contribution in [0.3, 0.4) is 0 Å². The summed E-state index contributed by atoms with van der Waals surface area (Å²) in [6.07, 6.45) is 0.535. The van der Waals surface area contributed by atoms with Crippen LogP contribution in [0.5, 0.6) is 0 Å². The lowest BCUT2D eigenvalue weighted by molar-refractivity contribution is 0.252. The molecule has 0 aliphatic rings. The molecule has 0 spiro atoms. The summed E-state index contributed by atoms with van der Waals surface area (Å²) in [6.45, 7) is 5.08. The molecule has 3 N–H and O–H groups in total. The molecule has 25 heavy (non-hydrogen) atoms.